The number of amides is 1. The van der Waals surface area contributed by atoms with Gasteiger partial charge in [0.1, 0.15) is 0 Å². The van der Waals surface area contributed by atoms with Crippen LogP contribution in [-0.4, -0.2) is 44.8 Å². The Morgan fingerprint density at radius 2 is 1.48 bits per heavy atom. The molecule has 2 aromatic carbocycles. The van der Waals surface area contributed by atoms with Gasteiger partial charge < -0.3 is 24.3 Å². The second-order valence-electron chi connectivity index (χ2n) is 6.62. The van der Waals surface area contributed by atoms with E-state index in [2.05, 4.69) is 5.32 Å². The van der Waals surface area contributed by atoms with E-state index in [1.807, 2.05) is 51.1 Å². The van der Waals surface area contributed by atoms with Crippen LogP contribution in [0, 0.1) is 0 Å². The minimum Gasteiger partial charge on any atom is -0.490 e. The van der Waals surface area contributed by atoms with Gasteiger partial charge in [-0.15, -0.1) is 0 Å². The second-order valence-corrected chi connectivity index (χ2v) is 6.62. The summed E-state index contributed by atoms with van der Waals surface area (Å²) in [7, 11) is 0. The summed E-state index contributed by atoms with van der Waals surface area (Å²) in [6.07, 6.45) is 1.67. The van der Waals surface area contributed by atoms with Crippen molar-refractivity contribution in [2.24, 2.45) is 0 Å². The molecule has 1 amide bonds. The highest BCUT2D eigenvalue weighted by molar-refractivity contribution is 5.92. The molecule has 2 aromatic rings. The molecule has 0 aliphatic heterocycles. The Hall–Kier alpha value is -3.22. The first-order valence-electron chi connectivity index (χ1n) is 10.6. The molecule has 0 aliphatic carbocycles. The Morgan fingerprint density at radius 1 is 0.871 bits per heavy atom. The van der Waals surface area contributed by atoms with Gasteiger partial charge in [-0.3, -0.25) is 4.79 Å². The van der Waals surface area contributed by atoms with E-state index >= 15 is 0 Å². The van der Waals surface area contributed by atoms with Crippen LogP contribution in [0.1, 0.15) is 43.1 Å². The van der Waals surface area contributed by atoms with Gasteiger partial charge in [0.15, 0.2) is 18.1 Å². The first-order valence-corrected chi connectivity index (χ1v) is 10.6. The van der Waals surface area contributed by atoms with Gasteiger partial charge in [-0.2, -0.15) is 0 Å². The molecule has 0 radical (unpaired) electrons. The van der Waals surface area contributed by atoms with Crippen LogP contribution in [0.15, 0.2) is 42.5 Å². The number of hydrogen-bond donors (Lipinski definition) is 1. The number of esters is 1. The maximum absolute atomic E-state index is 12.5. The number of benzene rings is 2. The number of hydrogen-bond acceptors (Lipinski definition) is 6. The molecule has 7 heteroatoms. The van der Waals surface area contributed by atoms with Crippen LogP contribution in [0.25, 0.3) is 0 Å². The standard InChI is InChI=1S/C24H31NO6/c1-4-28-20-15-19(16-21(29-5-2)23(20)30-6-3)24(27)31-17-22(26)25-14-10-13-18-11-8-7-9-12-18/h7-9,11-12,15-16H,4-6,10,13-14,17H2,1-3H3,(H,25,26). The lowest BCUT2D eigenvalue weighted by atomic mass is 10.1. The fraction of sp³-hybridized carbons (Fsp3) is 0.417. The first-order chi connectivity index (χ1) is 15.1. The molecule has 0 saturated carbocycles. The van der Waals surface area contributed by atoms with E-state index in [9.17, 15) is 9.59 Å². The average molecular weight is 430 g/mol. The van der Waals surface area contributed by atoms with Crippen LogP contribution in [-0.2, 0) is 16.0 Å². The lowest BCUT2D eigenvalue weighted by Gasteiger charge is -2.16. The van der Waals surface area contributed by atoms with Crippen LogP contribution >= 0.6 is 0 Å². The van der Waals surface area contributed by atoms with Crippen LogP contribution in [0.3, 0.4) is 0 Å². The van der Waals surface area contributed by atoms with Crippen molar-refractivity contribution in [2.45, 2.75) is 33.6 Å². The SMILES string of the molecule is CCOc1cc(C(=O)OCC(=O)NCCCc2ccccc2)cc(OCC)c1OCC. The molecule has 0 heterocycles. The van der Waals surface area contributed by atoms with Gasteiger partial charge >= 0.3 is 5.97 Å². The van der Waals surface area contributed by atoms with Gasteiger partial charge in [-0.25, -0.2) is 4.79 Å². The van der Waals surface area contributed by atoms with Crippen molar-refractivity contribution in [3.8, 4) is 17.2 Å². The molecule has 0 spiro atoms. The number of carbonyl (C=O) groups is 2. The number of carbonyl (C=O) groups excluding carboxylic acids is 2. The zero-order chi connectivity index (χ0) is 22.5. The van der Waals surface area contributed by atoms with Gasteiger partial charge in [-0.1, -0.05) is 30.3 Å². The van der Waals surface area contributed by atoms with Crippen molar-refractivity contribution in [3.05, 3.63) is 53.6 Å². The molecule has 2 rings (SSSR count). The predicted molar refractivity (Wildman–Crippen MR) is 118 cm³/mol. The van der Waals surface area contributed by atoms with E-state index in [1.165, 1.54) is 17.7 Å². The molecule has 0 unspecified atom stereocenters. The van der Waals surface area contributed by atoms with Crippen LogP contribution < -0.4 is 19.5 Å². The summed E-state index contributed by atoms with van der Waals surface area (Å²) in [5.74, 6) is 0.255. The normalized spacial score (nSPS) is 10.3. The van der Waals surface area contributed by atoms with E-state index in [1.54, 1.807) is 0 Å². The molecule has 1 N–H and O–H groups in total. The number of nitrogens with one attached hydrogen (secondary N) is 1. The van der Waals surface area contributed by atoms with E-state index in [4.69, 9.17) is 18.9 Å². The summed E-state index contributed by atoms with van der Waals surface area (Å²) in [6.45, 7) is 6.90. The summed E-state index contributed by atoms with van der Waals surface area (Å²) in [6, 6.07) is 13.1. The summed E-state index contributed by atoms with van der Waals surface area (Å²) >= 11 is 0. The molecule has 0 saturated heterocycles. The zero-order valence-electron chi connectivity index (χ0n) is 18.4. The Bertz CT molecular complexity index is 810. The molecule has 0 fully saturated rings. The first kappa shape index (κ1) is 24.1. The third kappa shape index (κ3) is 7.85. The molecule has 0 aliphatic rings. The molecule has 168 valence electrons. The fourth-order valence-electron chi connectivity index (χ4n) is 2.94. The maximum Gasteiger partial charge on any atom is 0.338 e. The average Bonchev–Trinajstić information content (AvgIpc) is 2.78. The summed E-state index contributed by atoms with van der Waals surface area (Å²) < 4.78 is 22.0. The van der Waals surface area contributed by atoms with Crippen molar-refractivity contribution in [2.75, 3.05) is 33.0 Å². The highest BCUT2D eigenvalue weighted by atomic mass is 16.5. The summed E-state index contributed by atoms with van der Waals surface area (Å²) in [4.78, 5) is 24.5. The Morgan fingerprint density at radius 3 is 2.06 bits per heavy atom. The molecule has 0 aromatic heterocycles. The van der Waals surface area contributed by atoms with Gasteiger partial charge in [0.2, 0.25) is 5.75 Å². The van der Waals surface area contributed by atoms with Gasteiger partial charge in [0.25, 0.3) is 5.91 Å². The van der Waals surface area contributed by atoms with Crippen LogP contribution in [0.5, 0.6) is 17.2 Å². The topological polar surface area (TPSA) is 83.1 Å². The number of aryl methyl sites for hydroxylation is 1. The van der Waals surface area contributed by atoms with Crippen LogP contribution in [0.4, 0.5) is 0 Å². The summed E-state index contributed by atoms with van der Waals surface area (Å²) in [5, 5.41) is 2.76. The smallest absolute Gasteiger partial charge is 0.338 e. The minimum absolute atomic E-state index is 0.229. The van der Waals surface area contributed by atoms with Crippen molar-refractivity contribution < 1.29 is 28.5 Å². The van der Waals surface area contributed by atoms with Crippen molar-refractivity contribution >= 4 is 11.9 Å². The fourth-order valence-corrected chi connectivity index (χ4v) is 2.94. The monoisotopic (exact) mass is 429 g/mol. The highest BCUT2D eigenvalue weighted by Crippen LogP contribution is 2.39. The van der Waals surface area contributed by atoms with Gasteiger partial charge in [0, 0.05) is 6.54 Å². The Kier molecular flexibility index (Phi) is 10.2. The largest absolute Gasteiger partial charge is 0.490 e. The molecule has 0 atom stereocenters. The Balaban J connectivity index is 1.90. The predicted octanol–water partition coefficient (Wildman–Crippen LogP) is 3.79. The molecule has 0 bridgehead atoms. The molecule has 7 nitrogen and oxygen atoms in total. The van der Waals surface area contributed by atoms with Crippen molar-refractivity contribution in [3.63, 3.8) is 0 Å². The molecular formula is C24H31NO6. The third-order valence-corrected chi connectivity index (χ3v) is 4.29. The highest BCUT2D eigenvalue weighted by Gasteiger charge is 2.19. The number of ether oxygens (including phenoxy) is 4. The quantitative estimate of drug-likeness (QED) is 0.385. The van der Waals surface area contributed by atoms with E-state index in [0.29, 0.717) is 43.6 Å². The Labute approximate surface area is 183 Å². The van der Waals surface area contributed by atoms with Gasteiger partial charge in [-0.05, 0) is 51.3 Å². The van der Waals surface area contributed by atoms with E-state index < -0.39 is 5.97 Å². The second kappa shape index (κ2) is 13.2. The number of rotatable bonds is 13. The van der Waals surface area contributed by atoms with E-state index in [0.717, 1.165) is 12.8 Å². The van der Waals surface area contributed by atoms with Crippen molar-refractivity contribution in [1.82, 2.24) is 5.32 Å². The zero-order valence-corrected chi connectivity index (χ0v) is 18.4. The molecular weight excluding hydrogens is 398 g/mol. The van der Waals surface area contributed by atoms with Crippen molar-refractivity contribution in [1.29, 1.82) is 0 Å². The lowest BCUT2D eigenvalue weighted by molar-refractivity contribution is -0.124. The maximum atomic E-state index is 12.5. The minimum atomic E-state index is -0.635. The summed E-state index contributed by atoms with van der Waals surface area (Å²) in [5.41, 5.74) is 1.45. The van der Waals surface area contributed by atoms with Gasteiger partial charge in [0.05, 0.1) is 25.4 Å². The van der Waals surface area contributed by atoms with Crippen LogP contribution in [0.2, 0.25) is 0 Å². The third-order valence-electron chi connectivity index (χ3n) is 4.29. The molecule has 31 heavy (non-hydrogen) atoms. The lowest BCUT2D eigenvalue weighted by Crippen LogP contribution is -2.29. The van der Waals surface area contributed by atoms with E-state index in [-0.39, 0.29) is 18.1 Å².